The second-order valence-electron chi connectivity index (χ2n) is 13.3. The Balaban J connectivity index is 1.07. The van der Waals surface area contributed by atoms with Crippen molar-refractivity contribution in [2.75, 3.05) is 70.1 Å². The lowest BCUT2D eigenvalue weighted by Crippen LogP contribution is -2.44. The van der Waals surface area contributed by atoms with Gasteiger partial charge in [-0.2, -0.15) is 5.10 Å². The minimum Gasteiger partial charge on any atom is -0.369 e. The Bertz CT molecular complexity index is 1670. The number of hydrogen-bond donors (Lipinski definition) is 3. The molecule has 1 aliphatic carbocycles. The van der Waals surface area contributed by atoms with Crippen molar-refractivity contribution < 1.29 is 4.79 Å². The number of anilines is 3. The first-order chi connectivity index (χ1) is 22.9. The smallest absolute Gasteiger partial charge is 0.272 e. The third-order valence-electron chi connectivity index (χ3n) is 9.92. The molecule has 11 nitrogen and oxygen atoms in total. The summed E-state index contributed by atoms with van der Waals surface area (Å²) in [5, 5.41) is 15.2. The first-order valence-corrected chi connectivity index (χ1v) is 16.9. The van der Waals surface area contributed by atoms with E-state index in [0.717, 1.165) is 92.3 Å². The fraction of sp³-hybridized carbons (Fsp3) is 0.444. The van der Waals surface area contributed by atoms with Crippen molar-refractivity contribution in [3.05, 3.63) is 83.2 Å². The summed E-state index contributed by atoms with van der Waals surface area (Å²) < 4.78 is 1.80. The third kappa shape index (κ3) is 7.02. The molecule has 4 heterocycles. The van der Waals surface area contributed by atoms with Gasteiger partial charge in [0.1, 0.15) is 0 Å². The number of amides is 1. The predicted octanol–water partition coefficient (Wildman–Crippen LogP) is 3.63. The number of nitrogens with zero attached hydrogens (tertiary/aromatic N) is 7. The molecule has 1 amide bonds. The van der Waals surface area contributed by atoms with Crippen molar-refractivity contribution in [1.29, 1.82) is 0 Å². The number of likely N-dealkylation sites (tertiary alicyclic amines) is 1. The normalized spacial score (nSPS) is 18.0. The number of hydrogen-bond acceptors (Lipinski definition) is 9. The summed E-state index contributed by atoms with van der Waals surface area (Å²) in [4.78, 5) is 30.7. The maximum Gasteiger partial charge on any atom is 0.272 e. The zero-order valence-corrected chi connectivity index (χ0v) is 27.7. The molecule has 2 aromatic heterocycles. The van der Waals surface area contributed by atoms with E-state index in [4.69, 9.17) is 10.1 Å². The van der Waals surface area contributed by atoms with Crippen LogP contribution in [0.5, 0.6) is 0 Å². The van der Waals surface area contributed by atoms with Gasteiger partial charge in [0, 0.05) is 68.9 Å². The fourth-order valence-electron chi connectivity index (χ4n) is 7.01. The lowest BCUT2D eigenvalue weighted by atomic mass is 9.93. The van der Waals surface area contributed by atoms with Gasteiger partial charge in [0.05, 0.1) is 17.4 Å². The number of piperazine rings is 1. The molecule has 2 fully saturated rings. The minimum absolute atomic E-state index is 0.155. The quantitative estimate of drug-likeness (QED) is 0.255. The number of rotatable bonds is 9. The number of aromatic nitrogens is 4. The van der Waals surface area contributed by atoms with E-state index >= 15 is 0 Å². The monoisotopic (exact) mass is 634 g/mol. The molecule has 47 heavy (non-hydrogen) atoms. The van der Waals surface area contributed by atoms with Crippen LogP contribution in [0.25, 0.3) is 11.4 Å². The summed E-state index contributed by atoms with van der Waals surface area (Å²) in [5.74, 6) is 0.373. The Labute approximate surface area is 277 Å². The van der Waals surface area contributed by atoms with Gasteiger partial charge in [-0.25, -0.2) is 9.97 Å². The van der Waals surface area contributed by atoms with Gasteiger partial charge in [0.25, 0.3) is 5.91 Å². The molecule has 3 aliphatic rings. The molecule has 11 heteroatoms. The Morgan fingerprint density at radius 3 is 2.36 bits per heavy atom. The average Bonchev–Trinajstić information content (AvgIpc) is 3.45. The third-order valence-corrected chi connectivity index (χ3v) is 9.92. The number of fused-ring (bicyclic) bond motifs is 3. The van der Waals surface area contributed by atoms with E-state index in [2.05, 4.69) is 86.1 Å². The summed E-state index contributed by atoms with van der Waals surface area (Å²) in [6.45, 7) is 7.06. The van der Waals surface area contributed by atoms with Gasteiger partial charge in [-0.3, -0.25) is 9.48 Å². The number of carbonyl (C=O) groups is 1. The molecular weight excluding hydrogens is 588 g/mol. The van der Waals surface area contributed by atoms with Gasteiger partial charge < -0.3 is 30.7 Å². The molecule has 0 unspecified atom stereocenters. The van der Waals surface area contributed by atoms with Crippen molar-refractivity contribution in [2.24, 2.45) is 7.05 Å². The Hall–Kier alpha value is -4.32. The average molecular weight is 635 g/mol. The van der Waals surface area contributed by atoms with Crippen LogP contribution in [-0.2, 0) is 19.9 Å². The molecule has 3 N–H and O–H groups in total. The minimum atomic E-state index is -0.169. The molecule has 0 saturated carbocycles. The van der Waals surface area contributed by atoms with Gasteiger partial charge in [-0.05, 0) is 88.3 Å². The zero-order valence-electron chi connectivity index (χ0n) is 27.7. The maximum atomic E-state index is 13.9. The lowest BCUT2D eigenvalue weighted by Gasteiger charge is -2.34. The molecule has 0 radical (unpaired) electrons. The number of benzene rings is 2. The van der Waals surface area contributed by atoms with E-state index in [1.54, 1.807) is 4.68 Å². The van der Waals surface area contributed by atoms with Crippen LogP contribution >= 0.6 is 0 Å². The van der Waals surface area contributed by atoms with Crippen LogP contribution in [0.4, 0.5) is 17.3 Å². The highest BCUT2D eigenvalue weighted by molar-refractivity contribution is 5.96. The first kappa shape index (κ1) is 31.3. The Kier molecular flexibility index (Phi) is 9.19. The van der Waals surface area contributed by atoms with Crippen molar-refractivity contribution in [1.82, 2.24) is 40.2 Å². The maximum absolute atomic E-state index is 13.9. The second-order valence-corrected chi connectivity index (χ2v) is 13.3. The van der Waals surface area contributed by atoms with E-state index in [1.807, 2.05) is 31.4 Å². The Morgan fingerprint density at radius 2 is 1.62 bits per heavy atom. The van der Waals surface area contributed by atoms with Crippen LogP contribution in [0, 0.1) is 0 Å². The van der Waals surface area contributed by atoms with Crippen LogP contribution in [0.3, 0.4) is 0 Å². The van der Waals surface area contributed by atoms with Gasteiger partial charge >= 0.3 is 0 Å². The van der Waals surface area contributed by atoms with Crippen molar-refractivity contribution in [3.8, 4) is 11.4 Å². The zero-order chi connectivity index (χ0) is 32.3. The standard InChI is InChI=1S/C36H46N10O/c1-43-17-15-27(16-18-43)37-24-31(25-7-5-4-6-8-25)40-35(47)33-30-14-9-26-23-38-36(41-32(26)34(30)45(3)42-33)39-28-10-12-29(13-11-28)46-21-19-44(2)20-22-46/h4-8,10-13,23,27,31,37H,9,14-22,24H2,1-3H3,(H,40,47)(H,38,39,41)/t31-/m1/s1. The van der Waals surface area contributed by atoms with E-state index in [0.29, 0.717) is 30.6 Å². The van der Waals surface area contributed by atoms with Crippen LogP contribution < -0.4 is 20.9 Å². The topological polar surface area (TPSA) is 106 Å². The van der Waals surface area contributed by atoms with Crippen LogP contribution in [-0.4, -0.2) is 101 Å². The van der Waals surface area contributed by atoms with Gasteiger partial charge in [0.15, 0.2) is 5.69 Å². The summed E-state index contributed by atoms with van der Waals surface area (Å²) in [7, 11) is 6.24. The molecule has 4 aromatic rings. The summed E-state index contributed by atoms with van der Waals surface area (Å²) in [6, 6.07) is 19.0. The van der Waals surface area contributed by atoms with Crippen molar-refractivity contribution in [2.45, 2.75) is 37.8 Å². The van der Waals surface area contributed by atoms with Gasteiger partial charge in [-0.15, -0.1) is 0 Å². The predicted molar refractivity (Wildman–Crippen MR) is 186 cm³/mol. The molecule has 246 valence electrons. The largest absolute Gasteiger partial charge is 0.369 e. The summed E-state index contributed by atoms with van der Waals surface area (Å²) in [6.07, 6.45) is 5.60. The molecule has 2 saturated heterocycles. The molecule has 2 aromatic carbocycles. The second kappa shape index (κ2) is 13.8. The number of carbonyl (C=O) groups excluding carboxylic acids is 1. The summed E-state index contributed by atoms with van der Waals surface area (Å²) in [5.41, 5.74) is 7.43. The molecule has 0 spiro atoms. The molecule has 7 rings (SSSR count). The SMILES string of the molecule is CN1CCC(NC[C@@H](NC(=O)c2nn(C)c3c2CCc2cnc(Nc4ccc(N5CCN(C)CC5)cc4)nc2-3)c2ccccc2)CC1. The van der Waals surface area contributed by atoms with Crippen LogP contribution in [0.15, 0.2) is 60.8 Å². The number of likely N-dealkylation sites (N-methyl/N-ethyl adjacent to an activating group) is 1. The molecule has 2 aliphatic heterocycles. The summed E-state index contributed by atoms with van der Waals surface area (Å²) >= 11 is 0. The molecule has 1 atom stereocenters. The van der Waals surface area contributed by atoms with E-state index in [9.17, 15) is 4.79 Å². The highest BCUT2D eigenvalue weighted by Crippen LogP contribution is 2.34. The van der Waals surface area contributed by atoms with Crippen molar-refractivity contribution in [3.63, 3.8) is 0 Å². The van der Waals surface area contributed by atoms with Crippen LogP contribution in [0.1, 0.15) is 46.1 Å². The number of piperidine rings is 1. The van der Waals surface area contributed by atoms with E-state index < -0.39 is 0 Å². The number of aryl methyl sites for hydroxylation is 2. The number of nitrogens with one attached hydrogen (secondary N) is 3. The van der Waals surface area contributed by atoms with Crippen LogP contribution in [0.2, 0.25) is 0 Å². The van der Waals surface area contributed by atoms with Gasteiger partial charge in [-0.1, -0.05) is 30.3 Å². The van der Waals surface area contributed by atoms with Crippen molar-refractivity contribution >= 4 is 23.2 Å². The molecule has 0 bridgehead atoms. The van der Waals surface area contributed by atoms with Gasteiger partial charge in [0.2, 0.25) is 5.95 Å². The lowest BCUT2D eigenvalue weighted by molar-refractivity contribution is 0.0927. The fourth-order valence-corrected chi connectivity index (χ4v) is 7.01. The van der Waals surface area contributed by atoms with E-state index in [1.165, 1.54) is 5.69 Å². The van der Waals surface area contributed by atoms with E-state index in [-0.39, 0.29) is 11.9 Å². The highest BCUT2D eigenvalue weighted by Gasteiger charge is 2.30. The first-order valence-electron chi connectivity index (χ1n) is 16.9. The highest BCUT2D eigenvalue weighted by atomic mass is 16.2. The Morgan fingerprint density at radius 1 is 0.894 bits per heavy atom. The molecular formula is C36H46N10O.